The van der Waals surface area contributed by atoms with Crippen molar-refractivity contribution in [1.82, 2.24) is 10.2 Å². The van der Waals surface area contributed by atoms with Gasteiger partial charge in [-0.1, -0.05) is 12.1 Å². The maximum absolute atomic E-state index is 14.2. The Morgan fingerprint density at radius 2 is 1.84 bits per heavy atom. The van der Waals surface area contributed by atoms with Crippen LogP contribution < -0.4 is 4.73 Å². The third-order valence-electron chi connectivity index (χ3n) is 4.14. The Hall–Kier alpha value is -3.09. The van der Waals surface area contributed by atoms with E-state index in [1.165, 1.54) is 24.3 Å². The predicted octanol–water partition coefficient (Wildman–Crippen LogP) is 4.27. The molecule has 2 aromatic carbocycles. The molecule has 0 aliphatic heterocycles. The second-order valence-electron chi connectivity index (χ2n) is 5.97. The Bertz CT molecular complexity index is 1100. The number of hydrogen-bond acceptors (Lipinski definition) is 2. The first-order chi connectivity index (χ1) is 11.8. The van der Waals surface area contributed by atoms with Crippen molar-refractivity contribution in [3.8, 4) is 11.1 Å². The van der Waals surface area contributed by atoms with Crippen LogP contribution in [0.3, 0.4) is 0 Å². The van der Waals surface area contributed by atoms with Crippen LogP contribution in [0.1, 0.15) is 12.6 Å². The van der Waals surface area contributed by atoms with E-state index >= 15 is 0 Å². The largest absolute Gasteiger partial charge is 0.618 e. The molecule has 25 heavy (non-hydrogen) atoms. The van der Waals surface area contributed by atoms with Gasteiger partial charge in [-0.15, -0.1) is 0 Å². The summed E-state index contributed by atoms with van der Waals surface area (Å²) in [6.07, 6.45) is 2.70. The number of hydrogen-bond donors (Lipinski definition) is 1. The average Bonchev–Trinajstić information content (AvgIpc) is 2.98. The fourth-order valence-corrected chi connectivity index (χ4v) is 3.08. The molecule has 7 heteroatoms. The van der Waals surface area contributed by atoms with Crippen molar-refractivity contribution in [2.45, 2.75) is 12.8 Å². The number of aromatic nitrogens is 3. The number of pyridine rings is 1. The highest BCUT2D eigenvalue weighted by Gasteiger charge is 2.38. The van der Waals surface area contributed by atoms with E-state index < -0.39 is 17.4 Å². The molecule has 1 N–H and O–H groups in total. The molecule has 0 amide bonds. The fourth-order valence-electron chi connectivity index (χ4n) is 3.08. The lowest BCUT2D eigenvalue weighted by molar-refractivity contribution is -0.622. The van der Waals surface area contributed by atoms with Gasteiger partial charge < -0.3 is 5.21 Å². The van der Waals surface area contributed by atoms with Crippen LogP contribution in [0.25, 0.3) is 32.8 Å². The first-order valence-corrected chi connectivity index (χ1v) is 7.52. The zero-order valence-electron chi connectivity index (χ0n) is 13.1. The van der Waals surface area contributed by atoms with Crippen molar-refractivity contribution in [1.29, 1.82) is 0 Å². The van der Waals surface area contributed by atoms with Gasteiger partial charge in [0.05, 0.1) is 17.3 Å². The van der Waals surface area contributed by atoms with Crippen LogP contribution >= 0.6 is 0 Å². The summed E-state index contributed by atoms with van der Waals surface area (Å²) in [6.45, 7) is 0.673. The van der Waals surface area contributed by atoms with Crippen LogP contribution in [0.5, 0.6) is 0 Å². The summed E-state index contributed by atoms with van der Waals surface area (Å²) in [7, 11) is 0. The number of alkyl halides is 2. The normalized spacial score (nSPS) is 12.2. The number of nitrogens with one attached hydrogen (secondary N) is 1. The van der Waals surface area contributed by atoms with E-state index in [9.17, 15) is 18.4 Å². The summed E-state index contributed by atoms with van der Waals surface area (Å²) in [5.41, 5.74) is 0.446. The molecule has 2 heterocycles. The zero-order valence-corrected chi connectivity index (χ0v) is 13.1. The molecule has 0 fully saturated rings. The topological polar surface area (TPSA) is 55.6 Å². The van der Waals surface area contributed by atoms with Gasteiger partial charge in [-0.25, -0.2) is 4.39 Å². The van der Waals surface area contributed by atoms with E-state index in [2.05, 4.69) is 10.2 Å². The quantitative estimate of drug-likeness (QED) is 0.437. The molecule has 2 aromatic heterocycles. The summed E-state index contributed by atoms with van der Waals surface area (Å²) < 4.78 is 41.9. The van der Waals surface area contributed by atoms with Crippen LogP contribution in [-0.2, 0) is 5.92 Å². The standard InChI is InChI=1S/C18H12F3N3O/c1-18(20,21)17-16(10-2-4-13(19)5-3-10)14-6-11-8-22-23-15(11)7-12(14)9-24(17)25/h2-9H,1H3,(H,22,23). The molecule has 0 radical (unpaired) electrons. The van der Waals surface area contributed by atoms with E-state index in [1.54, 1.807) is 18.3 Å². The van der Waals surface area contributed by atoms with Crippen molar-refractivity contribution in [2.24, 2.45) is 0 Å². The SMILES string of the molecule is CC(F)(F)c1c(-c2ccc(F)cc2)c2cc3cn[nH]c3cc2c[n+]1[O-]. The average molecular weight is 343 g/mol. The minimum absolute atomic E-state index is 0.0862. The molecule has 0 aliphatic carbocycles. The van der Waals surface area contributed by atoms with Crippen LogP contribution in [0.4, 0.5) is 13.2 Å². The molecule has 0 saturated carbocycles. The van der Waals surface area contributed by atoms with E-state index in [0.717, 1.165) is 11.6 Å². The second kappa shape index (κ2) is 5.20. The molecule has 4 aromatic rings. The van der Waals surface area contributed by atoms with Crippen molar-refractivity contribution in [3.05, 3.63) is 65.5 Å². The third-order valence-corrected chi connectivity index (χ3v) is 4.14. The summed E-state index contributed by atoms with van der Waals surface area (Å²) in [4.78, 5) is 0. The smallest absolute Gasteiger partial charge is 0.329 e. The van der Waals surface area contributed by atoms with Gasteiger partial charge in [-0.2, -0.15) is 18.6 Å². The van der Waals surface area contributed by atoms with Gasteiger partial charge in [0.2, 0.25) is 0 Å². The predicted molar refractivity (Wildman–Crippen MR) is 87.5 cm³/mol. The van der Waals surface area contributed by atoms with Gasteiger partial charge in [0, 0.05) is 23.1 Å². The number of benzene rings is 2. The molecule has 0 aliphatic rings. The summed E-state index contributed by atoms with van der Waals surface area (Å²) >= 11 is 0. The van der Waals surface area contributed by atoms with Gasteiger partial charge in [0.1, 0.15) is 5.82 Å². The van der Waals surface area contributed by atoms with E-state index in [4.69, 9.17) is 0 Å². The molecule has 126 valence electrons. The number of nitrogens with zero attached hydrogens (tertiary/aromatic N) is 2. The lowest BCUT2D eigenvalue weighted by Crippen LogP contribution is -2.37. The first kappa shape index (κ1) is 15.4. The van der Waals surface area contributed by atoms with Crippen LogP contribution in [-0.4, -0.2) is 10.2 Å². The van der Waals surface area contributed by atoms with Crippen molar-refractivity contribution < 1.29 is 17.9 Å². The Morgan fingerprint density at radius 1 is 1.12 bits per heavy atom. The van der Waals surface area contributed by atoms with Crippen molar-refractivity contribution in [3.63, 3.8) is 0 Å². The fraction of sp³-hybridized carbons (Fsp3) is 0.111. The highest BCUT2D eigenvalue weighted by Crippen LogP contribution is 2.38. The third kappa shape index (κ3) is 2.48. The molecule has 0 spiro atoms. The van der Waals surface area contributed by atoms with Crippen LogP contribution in [0.15, 0.2) is 48.8 Å². The van der Waals surface area contributed by atoms with Gasteiger partial charge in [-0.05, 0) is 29.8 Å². The van der Waals surface area contributed by atoms with Gasteiger partial charge in [-0.3, -0.25) is 5.10 Å². The lowest BCUT2D eigenvalue weighted by atomic mass is 9.94. The van der Waals surface area contributed by atoms with Crippen molar-refractivity contribution in [2.75, 3.05) is 0 Å². The number of rotatable bonds is 2. The molecule has 4 nitrogen and oxygen atoms in total. The summed E-state index contributed by atoms with van der Waals surface area (Å²) in [5, 5.41) is 20.7. The number of aromatic amines is 1. The van der Waals surface area contributed by atoms with E-state index in [-0.39, 0.29) is 10.3 Å². The molecule has 0 atom stereocenters. The minimum atomic E-state index is -3.37. The van der Waals surface area contributed by atoms with Crippen LogP contribution in [0, 0.1) is 11.0 Å². The highest BCUT2D eigenvalue weighted by molar-refractivity contribution is 6.03. The first-order valence-electron chi connectivity index (χ1n) is 7.52. The Kier molecular flexibility index (Phi) is 3.21. The maximum Gasteiger partial charge on any atom is 0.329 e. The van der Waals surface area contributed by atoms with Crippen LogP contribution in [0.2, 0.25) is 0 Å². The number of halogens is 3. The molecular weight excluding hydrogens is 331 g/mol. The second-order valence-corrected chi connectivity index (χ2v) is 5.97. The molecule has 0 saturated heterocycles. The Balaban J connectivity index is 2.18. The summed E-state index contributed by atoms with van der Waals surface area (Å²) in [6, 6.07) is 8.51. The van der Waals surface area contributed by atoms with E-state index in [0.29, 0.717) is 28.8 Å². The highest BCUT2D eigenvalue weighted by atomic mass is 19.3. The summed E-state index contributed by atoms with van der Waals surface area (Å²) in [5.74, 6) is -3.86. The number of H-pyrrole nitrogens is 1. The Labute approximate surface area is 140 Å². The maximum atomic E-state index is 14.2. The lowest BCUT2D eigenvalue weighted by Gasteiger charge is -2.17. The number of fused-ring (bicyclic) bond motifs is 2. The monoisotopic (exact) mass is 343 g/mol. The van der Waals surface area contributed by atoms with Crippen molar-refractivity contribution >= 4 is 21.7 Å². The zero-order chi connectivity index (χ0) is 17.8. The molecule has 4 rings (SSSR count). The molecule has 0 unspecified atom stereocenters. The van der Waals surface area contributed by atoms with E-state index in [1.807, 2.05) is 0 Å². The van der Waals surface area contributed by atoms with Gasteiger partial charge >= 0.3 is 5.92 Å². The van der Waals surface area contributed by atoms with Gasteiger partial charge in [0.15, 0.2) is 6.20 Å². The Morgan fingerprint density at radius 3 is 2.52 bits per heavy atom. The molecular formula is C18H12F3N3O. The minimum Gasteiger partial charge on any atom is -0.618 e. The van der Waals surface area contributed by atoms with Gasteiger partial charge in [0.25, 0.3) is 5.69 Å². The molecule has 0 bridgehead atoms.